The highest BCUT2D eigenvalue weighted by Crippen LogP contribution is 2.23. The normalized spacial score (nSPS) is 19.3. The van der Waals surface area contributed by atoms with E-state index in [0.29, 0.717) is 10.8 Å². The van der Waals surface area contributed by atoms with E-state index in [2.05, 4.69) is 34.4 Å². The molecule has 1 aliphatic heterocycles. The lowest BCUT2D eigenvalue weighted by Gasteiger charge is -2.36. The summed E-state index contributed by atoms with van der Waals surface area (Å²) in [5, 5.41) is 7.96. The Kier molecular flexibility index (Phi) is 6.87. The number of anilines is 3. The van der Waals surface area contributed by atoms with Crippen LogP contribution in [0.15, 0.2) is 29.6 Å². The molecule has 2 atom stereocenters. The highest BCUT2D eigenvalue weighted by Gasteiger charge is 2.22. The van der Waals surface area contributed by atoms with Crippen LogP contribution in [0, 0.1) is 5.92 Å². The Labute approximate surface area is 175 Å². The standard InChI is InChI=1S/C21H28N4O3S/c1-13(2)20(27)24-21-23-17(12-29-21)9-19(26)22-16-5-7-18(8-6-16)25-10-14(3)28-15(4)11-25/h5-8,12-15H,9-11H2,1-4H3,(H,22,26)(H,23,24,27). The Bertz CT molecular complexity index is 840. The van der Waals surface area contributed by atoms with E-state index in [-0.39, 0.29) is 36.4 Å². The Hall–Kier alpha value is -2.45. The highest BCUT2D eigenvalue weighted by atomic mass is 32.1. The third-order valence-electron chi connectivity index (χ3n) is 4.58. The molecular weight excluding hydrogens is 388 g/mol. The molecule has 0 radical (unpaired) electrons. The van der Waals surface area contributed by atoms with Crippen molar-refractivity contribution in [3.05, 3.63) is 35.3 Å². The second kappa shape index (κ2) is 9.37. The summed E-state index contributed by atoms with van der Waals surface area (Å²) in [6, 6.07) is 7.85. The Morgan fingerprint density at radius 2 is 1.83 bits per heavy atom. The smallest absolute Gasteiger partial charge is 0.230 e. The number of carbonyl (C=O) groups is 2. The first-order valence-electron chi connectivity index (χ1n) is 9.85. The fourth-order valence-electron chi connectivity index (χ4n) is 3.21. The summed E-state index contributed by atoms with van der Waals surface area (Å²) in [6.07, 6.45) is 0.562. The van der Waals surface area contributed by atoms with Gasteiger partial charge in [0.05, 0.1) is 24.3 Å². The van der Waals surface area contributed by atoms with E-state index in [1.165, 1.54) is 11.3 Å². The summed E-state index contributed by atoms with van der Waals surface area (Å²) in [4.78, 5) is 30.7. The molecule has 3 rings (SSSR count). The zero-order valence-electron chi connectivity index (χ0n) is 17.3. The number of carbonyl (C=O) groups excluding carboxylic acids is 2. The summed E-state index contributed by atoms with van der Waals surface area (Å²) in [6.45, 7) is 9.52. The van der Waals surface area contributed by atoms with Gasteiger partial charge in [0.1, 0.15) is 0 Å². The quantitative estimate of drug-likeness (QED) is 0.753. The Morgan fingerprint density at radius 3 is 2.45 bits per heavy atom. The molecule has 8 heteroatoms. The van der Waals surface area contributed by atoms with Crippen LogP contribution >= 0.6 is 11.3 Å². The molecule has 156 valence electrons. The van der Waals surface area contributed by atoms with E-state index in [1.54, 1.807) is 5.38 Å². The van der Waals surface area contributed by atoms with Crippen molar-refractivity contribution in [3.8, 4) is 0 Å². The number of nitrogens with zero attached hydrogens (tertiary/aromatic N) is 2. The number of hydrogen-bond acceptors (Lipinski definition) is 6. The number of aromatic nitrogens is 1. The van der Waals surface area contributed by atoms with Gasteiger partial charge in [-0.15, -0.1) is 11.3 Å². The summed E-state index contributed by atoms with van der Waals surface area (Å²) in [5.41, 5.74) is 2.51. The molecule has 1 aromatic carbocycles. The van der Waals surface area contributed by atoms with Crippen LogP contribution in [0.2, 0.25) is 0 Å². The lowest BCUT2D eigenvalue weighted by molar-refractivity contribution is -0.119. The number of ether oxygens (including phenoxy) is 1. The van der Waals surface area contributed by atoms with Crippen LogP contribution in [0.4, 0.5) is 16.5 Å². The fourth-order valence-corrected chi connectivity index (χ4v) is 3.92. The molecule has 2 unspecified atom stereocenters. The third kappa shape index (κ3) is 6.01. The summed E-state index contributed by atoms with van der Waals surface area (Å²) < 4.78 is 5.78. The molecular formula is C21H28N4O3S. The van der Waals surface area contributed by atoms with E-state index in [1.807, 2.05) is 38.1 Å². The molecule has 7 nitrogen and oxygen atoms in total. The minimum atomic E-state index is -0.140. The van der Waals surface area contributed by atoms with Gasteiger partial charge in [0.2, 0.25) is 11.8 Å². The molecule has 2 N–H and O–H groups in total. The molecule has 0 aliphatic carbocycles. The van der Waals surface area contributed by atoms with Gasteiger partial charge in [0.15, 0.2) is 5.13 Å². The summed E-state index contributed by atoms with van der Waals surface area (Å²) in [5.74, 6) is -0.338. The van der Waals surface area contributed by atoms with Crippen molar-refractivity contribution in [1.82, 2.24) is 4.98 Å². The maximum Gasteiger partial charge on any atom is 0.230 e. The SMILES string of the molecule is CC1CN(c2ccc(NC(=O)Cc3csc(NC(=O)C(C)C)n3)cc2)CC(C)O1. The minimum Gasteiger partial charge on any atom is -0.372 e. The van der Waals surface area contributed by atoms with Gasteiger partial charge in [-0.3, -0.25) is 9.59 Å². The first-order valence-corrected chi connectivity index (χ1v) is 10.7. The van der Waals surface area contributed by atoms with Gasteiger partial charge >= 0.3 is 0 Å². The summed E-state index contributed by atoms with van der Waals surface area (Å²) >= 11 is 1.32. The second-order valence-electron chi connectivity index (χ2n) is 7.72. The van der Waals surface area contributed by atoms with Gasteiger partial charge in [-0.05, 0) is 38.1 Å². The molecule has 0 spiro atoms. The number of amides is 2. The Balaban J connectivity index is 1.53. The molecule has 2 heterocycles. The van der Waals surface area contributed by atoms with Crippen molar-refractivity contribution in [2.45, 2.75) is 46.3 Å². The molecule has 1 aromatic heterocycles. The van der Waals surface area contributed by atoms with Gasteiger partial charge < -0.3 is 20.3 Å². The number of benzene rings is 1. The molecule has 2 aromatic rings. The van der Waals surface area contributed by atoms with Crippen LogP contribution < -0.4 is 15.5 Å². The topological polar surface area (TPSA) is 83.6 Å². The van der Waals surface area contributed by atoms with Crippen molar-refractivity contribution in [1.29, 1.82) is 0 Å². The van der Waals surface area contributed by atoms with E-state index in [0.717, 1.165) is 24.5 Å². The largest absolute Gasteiger partial charge is 0.372 e. The lowest BCUT2D eigenvalue weighted by atomic mass is 10.2. The maximum atomic E-state index is 12.3. The van der Waals surface area contributed by atoms with Gasteiger partial charge in [-0.25, -0.2) is 4.98 Å². The molecule has 0 saturated carbocycles. The zero-order valence-corrected chi connectivity index (χ0v) is 18.1. The van der Waals surface area contributed by atoms with E-state index in [4.69, 9.17) is 4.74 Å². The van der Waals surface area contributed by atoms with Crippen LogP contribution in [-0.4, -0.2) is 42.1 Å². The first-order chi connectivity index (χ1) is 13.8. The van der Waals surface area contributed by atoms with Gasteiger partial charge in [0.25, 0.3) is 0 Å². The zero-order chi connectivity index (χ0) is 21.0. The number of rotatable bonds is 6. The molecule has 1 aliphatic rings. The maximum absolute atomic E-state index is 12.3. The number of hydrogen-bond donors (Lipinski definition) is 2. The van der Waals surface area contributed by atoms with Gasteiger partial charge in [-0.1, -0.05) is 13.8 Å². The monoisotopic (exact) mass is 416 g/mol. The average molecular weight is 417 g/mol. The first kappa shape index (κ1) is 21.3. The predicted octanol–water partition coefficient (Wildman–Crippen LogP) is 3.53. The number of thiazole rings is 1. The van der Waals surface area contributed by atoms with E-state index >= 15 is 0 Å². The van der Waals surface area contributed by atoms with Crippen molar-refractivity contribution in [2.75, 3.05) is 28.6 Å². The Morgan fingerprint density at radius 1 is 1.17 bits per heavy atom. The summed E-state index contributed by atoms with van der Waals surface area (Å²) in [7, 11) is 0. The molecule has 29 heavy (non-hydrogen) atoms. The molecule has 2 amide bonds. The predicted molar refractivity (Wildman–Crippen MR) is 117 cm³/mol. The van der Waals surface area contributed by atoms with Crippen LogP contribution in [0.1, 0.15) is 33.4 Å². The van der Waals surface area contributed by atoms with Crippen LogP contribution in [0.25, 0.3) is 0 Å². The fraction of sp³-hybridized carbons (Fsp3) is 0.476. The number of morpholine rings is 1. The average Bonchev–Trinajstić information content (AvgIpc) is 3.08. The van der Waals surface area contributed by atoms with Crippen LogP contribution in [0.5, 0.6) is 0 Å². The van der Waals surface area contributed by atoms with Crippen molar-refractivity contribution in [2.24, 2.45) is 5.92 Å². The van der Waals surface area contributed by atoms with E-state index < -0.39 is 0 Å². The van der Waals surface area contributed by atoms with Crippen LogP contribution in [0.3, 0.4) is 0 Å². The second-order valence-corrected chi connectivity index (χ2v) is 8.58. The molecule has 1 saturated heterocycles. The van der Waals surface area contributed by atoms with Crippen molar-refractivity contribution >= 4 is 39.7 Å². The number of nitrogens with one attached hydrogen (secondary N) is 2. The van der Waals surface area contributed by atoms with Gasteiger partial charge in [-0.2, -0.15) is 0 Å². The van der Waals surface area contributed by atoms with Crippen LogP contribution in [-0.2, 0) is 20.7 Å². The van der Waals surface area contributed by atoms with E-state index in [9.17, 15) is 9.59 Å². The van der Waals surface area contributed by atoms with Gasteiger partial charge in [0, 0.05) is 35.8 Å². The van der Waals surface area contributed by atoms with Crippen molar-refractivity contribution in [3.63, 3.8) is 0 Å². The van der Waals surface area contributed by atoms with Crippen molar-refractivity contribution < 1.29 is 14.3 Å². The molecule has 1 fully saturated rings. The lowest BCUT2D eigenvalue weighted by Crippen LogP contribution is -2.45. The highest BCUT2D eigenvalue weighted by molar-refractivity contribution is 7.13. The third-order valence-corrected chi connectivity index (χ3v) is 5.39. The molecule has 0 bridgehead atoms. The minimum absolute atomic E-state index is 0.0838.